The van der Waals surface area contributed by atoms with Crippen LogP contribution in [0.25, 0.3) is 11.3 Å². The van der Waals surface area contributed by atoms with Crippen LogP contribution in [0.2, 0.25) is 0 Å². The molecule has 4 N–H and O–H groups in total. The van der Waals surface area contributed by atoms with Crippen LogP contribution in [0.5, 0.6) is 0 Å². The van der Waals surface area contributed by atoms with Crippen LogP contribution in [0.3, 0.4) is 0 Å². The van der Waals surface area contributed by atoms with E-state index in [-0.39, 0.29) is 17.6 Å². The summed E-state index contributed by atoms with van der Waals surface area (Å²) >= 11 is 0. The van der Waals surface area contributed by atoms with Gasteiger partial charge in [0.25, 0.3) is 5.56 Å². The number of aromatic nitrogens is 4. The molecule has 1 aliphatic carbocycles. The Morgan fingerprint density at radius 3 is 2.94 bits per heavy atom. The average Bonchev–Trinajstić information content (AvgIpc) is 3.34. The third-order valence-electron chi connectivity index (χ3n) is 6.46. The fourth-order valence-corrected chi connectivity index (χ4v) is 4.73. The van der Waals surface area contributed by atoms with Crippen LogP contribution in [-0.2, 0) is 0 Å². The maximum Gasteiger partial charge on any atom is 0.274 e. The molecule has 9 heteroatoms. The summed E-state index contributed by atoms with van der Waals surface area (Å²) in [5.41, 5.74) is 1.84. The van der Waals surface area contributed by atoms with Crippen molar-refractivity contribution in [2.45, 2.75) is 57.2 Å². The van der Waals surface area contributed by atoms with Crippen molar-refractivity contribution in [1.29, 1.82) is 0 Å². The molecule has 1 aliphatic heterocycles. The van der Waals surface area contributed by atoms with Gasteiger partial charge in [-0.15, -0.1) is 0 Å². The van der Waals surface area contributed by atoms with Crippen LogP contribution < -0.4 is 21.5 Å². The molecule has 0 aromatic carbocycles. The van der Waals surface area contributed by atoms with Crippen LogP contribution in [0, 0.1) is 0 Å². The Labute approximate surface area is 186 Å². The lowest BCUT2D eigenvalue weighted by Gasteiger charge is -2.33. The van der Waals surface area contributed by atoms with Crippen molar-refractivity contribution in [2.24, 2.45) is 0 Å². The summed E-state index contributed by atoms with van der Waals surface area (Å²) in [5, 5.41) is 25.4. The van der Waals surface area contributed by atoms with E-state index in [1.165, 1.54) is 0 Å². The maximum atomic E-state index is 12.8. The van der Waals surface area contributed by atoms with Gasteiger partial charge in [-0.25, -0.2) is 4.98 Å². The number of aliphatic hydroxyl groups is 1. The summed E-state index contributed by atoms with van der Waals surface area (Å²) in [4.78, 5) is 17.6. The summed E-state index contributed by atoms with van der Waals surface area (Å²) in [6, 6.07) is 5.50. The molecular formula is C23H29N7O2. The van der Waals surface area contributed by atoms with Gasteiger partial charge in [0.15, 0.2) is 5.65 Å². The van der Waals surface area contributed by atoms with Crippen molar-refractivity contribution in [3.63, 3.8) is 0 Å². The van der Waals surface area contributed by atoms with Crippen molar-refractivity contribution >= 4 is 28.7 Å². The molecule has 3 aromatic rings. The molecule has 0 amide bonds. The second-order valence-electron chi connectivity index (χ2n) is 8.92. The summed E-state index contributed by atoms with van der Waals surface area (Å²) in [5.74, 6) is 1.27. The van der Waals surface area contributed by atoms with Crippen LogP contribution >= 0.6 is 0 Å². The van der Waals surface area contributed by atoms with Gasteiger partial charge in [-0.05, 0) is 44.9 Å². The van der Waals surface area contributed by atoms with Crippen molar-refractivity contribution < 1.29 is 5.11 Å². The summed E-state index contributed by atoms with van der Waals surface area (Å²) in [6.45, 7) is 3.95. The number of hydrogen-bond acceptors (Lipinski definition) is 7. The van der Waals surface area contributed by atoms with E-state index in [4.69, 9.17) is 4.98 Å². The van der Waals surface area contributed by atoms with Gasteiger partial charge in [-0.1, -0.05) is 12.8 Å². The van der Waals surface area contributed by atoms with E-state index in [0.717, 1.165) is 42.8 Å². The normalized spacial score (nSPS) is 22.5. The molecule has 2 aliphatic rings. The molecule has 1 saturated carbocycles. The van der Waals surface area contributed by atoms with Gasteiger partial charge in [0.05, 0.1) is 17.8 Å². The molecule has 0 spiro atoms. The minimum atomic E-state index is -0.824. The smallest absolute Gasteiger partial charge is 0.274 e. The second-order valence-corrected chi connectivity index (χ2v) is 8.92. The Bertz CT molecular complexity index is 1260. The van der Waals surface area contributed by atoms with Gasteiger partial charge in [0.2, 0.25) is 0 Å². The van der Waals surface area contributed by atoms with E-state index in [1.54, 1.807) is 27.5 Å². The first-order valence-corrected chi connectivity index (χ1v) is 11.2. The standard InChI is InChI=1S/C23H29N7O2/c1-14(2)29-10-6-7-16(22(29)31)27-19-11-20(24-3)30-21(28-19)15(13-25-30)17-12-23(32)9-5-4-8-18(23)26-17/h6-7,10-14,18,24,26,32H,4-5,8-9H2,1-3H3,(H,27,28)/t18-,23+/m1/s1. The molecule has 4 heterocycles. The molecule has 3 aromatic heterocycles. The second kappa shape index (κ2) is 7.67. The fraction of sp³-hybridized carbons (Fsp3) is 0.435. The van der Waals surface area contributed by atoms with Gasteiger partial charge in [0, 0.05) is 31.0 Å². The third kappa shape index (κ3) is 3.33. The predicted octanol–water partition coefficient (Wildman–Crippen LogP) is 2.88. The number of fused-ring (bicyclic) bond motifs is 2. The molecule has 0 radical (unpaired) electrons. The first-order chi connectivity index (χ1) is 15.4. The highest BCUT2D eigenvalue weighted by molar-refractivity contribution is 5.79. The third-order valence-corrected chi connectivity index (χ3v) is 6.46. The molecule has 168 valence electrons. The van der Waals surface area contributed by atoms with Gasteiger partial charge in [-0.2, -0.15) is 9.61 Å². The van der Waals surface area contributed by atoms with E-state index in [2.05, 4.69) is 21.0 Å². The zero-order valence-corrected chi connectivity index (χ0v) is 18.6. The van der Waals surface area contributed by atoms with Crippen LogP contribution in [0.4, 0.5) is 17.3 Å². The molecular weight excluding hydrogens is 406 g/mol. The highest BCUT2D eigenvalue weighted by atomic mass is 16.3. The topological polar surface area (TPSA) is 109 Å². The first-order valence-electron chi connectivity index (χ1n) is 11.2. The van der Waals surface area contributed by atoms with Crippen molar-refractivity contribution in [1.82, 2.24) is 24.5 Å². The molecule has 0 saturated heterocycles. The van der Waals surface area contributed by atoms with Crippen molar-refractivity contribution in [3.8, 4) is 0 Å². The summed E-state index contributed by atoms with van der Waals surface area (Å²) in [7, 11) is 1.82. The molecule has 0 bridgehead atoms. The zero-order valence-electron chi connectivity index (χ0n) is 18.6. The van der Waals surface area contributed by atoms with E-state index in [9.17, 15) is 9.90 Å². The average molecular weight is 436 g/mol. The van der Waals surface area contributed by atoms with Crippen LogP contribution in [0.15, 0.2) is 41.5 Å². The Hall–Kier alpha value is -3.33. The van der Waals surface area contributed by atoms with Crippen LogP contribution in [0.1, 0.15) is 51.1 Å². The largest absolute Gasteiger partial charge is 0.384 e. The Kier molecular flexibility index (Phi) is 4.93. The summed E-state index contributed by atoms with van der Waals surface area (Å²) < 4.78 is 3.41. The predicted molar refractivity (Wildman–Crippen MR) is 125 cm³/mol. The molecule has 1 fully saturated rings. The van der Waals surface area contributed by atoms with E-state index < -0.39 is 5.60 Å². The minimum Gasteiger partial charge on any atom is -0.384 e. The molecule has 9 nitrogen and oxygen atoms in total. The van der Waals surface area contributed by atoms with Gasteiger partial charge >= 0.3 is 0 Å². The van der Waals surface area contributed by atoms with Gasteiger partial charge in [0.1, 0.15) is 22.9 Å². The van der Waals surface area contributed by atoms with Gasteiger partial charge in [-0.3, -0.25) is 4.79 Å². The number of nitrogens with zero attached hydrogens (tertiary/aromatic N) is 4. The Balaban J connectivity index is 1.56. The Morgan fingerprint density at radius 1 is 1.34 bits per heavy atom. The lowest BCUT2D eigenvalue weighted by molar-refractivity contribution is 0.0328. The Morgan fingerprint density at radius 2 is 2.19 bits per heavy atom. The molecule has 0 unspecified atom stereocenters. The number of nitrogens with one attached hydrogen (secondary N) is 3. The lowest BCUT2D eigenvalue weighted by Crippen LogP contribution is -2.45. The fourth-order valence-electron chi connectivity index (χ4n) is 4.73. The highest BCUT2D eigenvalue weighted by Gasteiger charge is 2.42. The highest BCUT2D eigenvalue weighted by Crippen LogP contribution is 2.38. The number of pyridine rings is 1. The molecule has 32 heavy (non-hydrogen) atoms. The summed E-state index contributed by atoms with van der Waals surface area (Å²) in [6.07, 6.45) is 9.30. The minimum absolute atomic E-state index is 0.0186. The van der Waals surface area contributed by atoms with Crippen molar-refractivity contribution in [2.75, 3.05) is 17.7 Å². The lowest BCUT2D eigenvalue weighted by atomic mass is 9.82. The van der Waals surface area contributed by atoms with E-state index >= 15 is 0 Å². The number of anilines is 3. The first kappa shape index (κ1) is 20.6. The monoisotopic (exact) mass is 435 g/mol. The SMILES string of the molecule is CNc1cc(Nc2cccn(C(C)C)c2=O)nc2c(C3=C[C@@]4(O)CCCC[C@H]4N3)cnn12. The number of hydrogen-bond donors (Lipinski definition) is 4. The molecule has 5 rings (SSSR count). The number of rotatable bonds is 5. The molecule has 2 atom stereocenters. The van der Waals surface area contributed by atoms with E-state index in [0.29, 0.717) is 17.2 Å². The quantitative estimate of drug-likeness (QED) is 0.488. The van der Waals surface area contributed by atoms with Gasteiger partial charge < -0.3 is 25.6 Å². The van der Waals surface area contributed by atoms with Crippen molar-refractivity contribution in [3.05, 3.63) is 52.6 Å². The maximum absolute atomic E-state index is 12.8. The van der Waals surface area contributed by atoms with E-state index in [1.807, 2.05) is 39.1 Å². The van der Waals surface area contributed by atoms with Crippen LogP contribution in [-0.4, -0.2) is 43.0 Å². The zero-order chi connectivity index (χ0) is 22.5.